The Morgan fingerprint density at radius 1 is 1.07 bits per heavy atom. The third-order valence-corrected chi connectivity index (χ3v) is 5.44. The summed E-state index contributed by atoms with van der Waals surface area (Å²) < 4.78 is 12.0. The minimum atomic E-state index is 0.250. The zero-order valence-electron chi connectivity index (χ0n) is 16.4. The molecule has 6 nitrogen and oxygen atoms in total. The van der Waals surface area contributed by atoms with Gasteiger partial charge in [-0.05, 0) is 31.7 Å². The van der Waals surface area contributed by atoms with E-state index in [1.807, 2.05) is 0 Å². The van der Waals surface area contributed by atoms with Crippen LogP contribution in [0.25, 0.3) is 11.0 Å². The zero-order valence-corrected chi connectivity index (χ0v) is 16.4. The molecular weight excluding hydrogens is 340 g/mol. The van der Waals surface area contributed by atoms with Crippen molar-refractivity contribution in [3.05, 3.63) is 24.5 Å². The quantitative estimate of drug-likeness (QED) is 0.872. The largest absolute Gasteiger partial charge is 0.488 e. The molecule has 2 aliphatic rings. The Kier molecular flexibility index (Phi) is 5.74. The lowest BCUT2D eigenvalue weighted by Gasteiger charge is -2.32. The molecule has 1 aliphatic heterocycles. The molecule has 0 unspecified atom stereocenters. The van der Waals surface area contributed by atoms with Crippen molar-refractivity contribution < 1.29 is 9.47 Å². The second-order valence-electron chi connectivity index (χ2n) is 7.88. The summed E-state index contributed by atoms with van der Waals surface area (Å²) in [5.41, 5.74) is 2.90. The van der Waals surface area contributed by atoms with Crippen LogP contribution in [0.15, 0.2) is 24.5 Å². The van der Waals surface area contributed by atoms with Crippen LogP contribution in [0.2, 0.25) is 0 Å². The van der Waals surface area contributed by atoms with Crippen molar-refractivity contribution in [1.82, 2.24) is 15.3 Å². The fourth-order valence-electron chi connectivity index (χ4n) is 4.12. The molecule has 0 spiro atoms. The molecule has 2 aromatic rings. The normalized spacial score (nSPS) is 23.7. The highest BCUT2D eigenvalue weighted by Crippen LogP contribution is 2.32. The molecule has 4 rings (SSSR count). The maximum Gasteiger partial charge on any atom is 0.149 e. The van der Waals surface area contributed by atoms with Crippen molar-refractivity contribution in [3.8, 4) is 5.75 Å². The van der Waals surface area contributed by atoms with Gasteiger partial charge < -0.3 is 19.7 Å². The van der Waals surface area contributed by atoms with E-state index in [9.17, 15) is 0 Å². The molecule has 0 bridgehead atoms. The van der Waals surface area contributed by atoms with Crippen LogP contribution in [0.3, 0.4) is 0 Å². The van der Waals surface area contributed by atoms with E-state index >= 15 is 0 Å². The van der Waals surface area contributed by atoms with E-state index in [0.717, 1.165) is 74.5 Å². The van der Waals surface area contributed by atoms with Gasteiger partial charge in [0.25, 0.3) is 0 Å². The average molecular weight is 370 g/mol. The summed E-state index contributed by atoms with van der Waals surface area (Å²) in [4.78, 5) is 11.4. The highest BCUT2D eigenvalue weighted by Gasteiger charge is 2.24. The van der Waals surface area contributed by atoms with Gasteiger partial charge in [-0.25, -0.2) is 4.98 Å². The monoisotopic (exact) mass is 370 g/mol. The van der Waals surface area contributed by atoms with E-state index in [1.54, 1.807) is 12.4 Å². The maximum absolute atomic E-state index is 6.47. The van der Waals surface area contributed by atoms with Crippen LogP contribution in [-0.2, 0) is 4.74 Å². The minimum absolute atomic E-state index is 0.250. The number of morpholine rings is 1. The molecule has 1 aromatic carbocycles. The minimum Gasteiger partial charge on any atom is -0.488 e. The van der Waals surface area contributed by atoms with Crippen LogP contribution in [-0.4, -0.2) is 54.5 Å². The first kappa shape index (κ1) is 18.4. The Morgan fingerprint density at radius 2 is 1.81 bits per heavy atom. The predicted molar refractivity (Wildman–Crippen MR) is 108 cm³/mol. The van der Waals surface area contributed by atoms with Crippen molar-refractivity contribution >= 4 is 16.7 Å². The topological polar surface area (TPSA) is 59.5 Å². The van der Waals surface area contributed by atoms with E-state index in [-0.39, 0.29) is 6.10 Å². The van der Waals surface area contributed by atoms with E-state index in [4.69, 9.17) is 9.47 Å². The number of hydrogen-bond donors (Lipinski definition) is 1. The van der Waals surface area contributed by atoms with Gasteiger partial charge in [-0.3, -0.25) is 4.98 Å². The number of benzene rings is 1. The van der Waals surface area contributed by atoms with Gasteiger partial charge in [0.15, 0.2) is 0 Å². The van der Waals surface area contributed by atoms with Crippen molar-refractivity contribution in [3.63, 3.8) is 0 Å². The molecule has 2 fully saturated rings. The van der Waals surface area contributed by atoms with Gasteiger partial charge in [0.1, 0.15) is 11.3 Å². The van der Waals surface area contributed by atoms with Crippen molar-refractivity contribution in [2.75, 3.05) is 31.2 Å². The summed E-state index contributed by atoms with van der Waals surface area (Å²) in [6, 6.07) is 5.41. The molecule has 1 aliphatic carbocycles. The van der Waals surface area contributed by atoms with Crippen LogP contribution < -0.4 is 15.0 Å². The summed E-state index contributed by atoms with van der Waals surface area (Å²) >= 11 is 0. The number of nitrogens with one attached hydrogen (secondary N) is 1. The van der Waals surface area contributed by atoms with Gasteiger partial charge in [-0.2, -0.15) is 0 Å². The Bertz CT molecular complexity index is 753. The number of nitrogens with zero attached hydrogens (tertiary/aromatic N) is 3. The molecule has 1 saturated heterocycles. The Morgan fingerprint density at radius 3 is 2.56 bits per heavy atom. The maximum atomic E-state index is 6.47. The SMILES string of the molecule is CC(C)N[C@H]1CC[C@@H](Oc2cc(N3CCOCC3)cc3nccnc23)CC1. The lowest BCUT2D eigenvalue weighted by Crippen LogP contribution is -2.39. The summed E-state index contributed by atoms with van der Waals surface area (Å²) in [5, 5.41) is 3.65. The summed E-state index contributed by atoms with van der Waals surface area (Å²) in [6.45, 7) is 7.76. The molecular formula is C21H30N4O2. The first-order valence-electron chi connectivity index (χ1n) is 10.2. The zero-order chi connectivity index (χ0) is 18.6. The van der Waals surface area contributed by atoms with E-state index in [2.05, 4.69) is 46.2 Å². The summed E-state index contributed by atoms with van der Waals surface area (Å²) in [6.07, 6.45) is 8.22. The van der Waals surface area contributed by atoms with Gasteiger partial charge >= 0.3 is 0 Å². The highest BCUT2D eigenvalue weighted by molar-refractivity contribution is 5.85. The molecule has 0 amide bonds. The number of aromatic nitrogens is 2. The summed E-state index contributed by atoms with van der Waals surface area (Å²) in [7, 11) is 0. The standard InChI is InChI=1S/C21H30N4O2/c1-15(2)24-16-3-5-18(6-4-16)27-20-14-17(25-9-11-26-12-10-25)13-19-21(20)23-8-7-22-19/h7-8,13-16,18,24H,3-6,9-12H2,1-2H3/t16-,18+. The first-order valence-corrected chi connectivity index (χ1v) is 10.2. The smallest absolute Gasteiger partial charge is 0.149 e. The lowest BCUT2D eigenvalue weighted by molar-refractivity contribution is 0.122. The van der Waals surface area contributed by atoms with E-state index in [0.29, 0.717) is 12.1 Å². The van der Waals surface area contributed by atoms with Gasteiger partial charge in [0, 0.05) is 49.3 Å². The molecule has 0 atom stereocenters. The van der Waals surface area contributed by atoms with Crippen LogP contribution >= 0.6 is 0 Å². The highest BCUT2D eigenvalue weighted by atomic mass is 16.5. The van der Waals surface area contributed by atoms with Gasteiger partial charge in [-0.15, -0.1) is 0 Å². The molecule has 1 saturated carbocycles. The number of ether oxygens (including phenoxy) is 2. The van der Waals surface area contributed by atoms with Gasteiger partial charge in [0.2, 0.25) is 0 Å². The molecule has 6 heteroatoms. The average Bonchev–Trinajstić information content (AvgIpc) is 2.70. The van der Waals surface area contributed by atoms with E-state index in [1.165, 1.54) is 0 Å². The third kappa shape index (κ3) is 4.50. The van der Waals surface area contributed by atoms with Crippen LogP contribution in [0, 0.1) is 0 Å². The van der Waals surface area contributed by atoms with Crippen LogP contribution in [0.1, 0.15) is 39.5 Å². The molecule has 1 aromatic heterocycles. The number of fused-ring (bicyclic) bond motifs is 1. The van der Waals surface area contributed by atoms with Gasteiger partial charge in [0.05, 0.1) is 24.8 Å². The van der Waals surface area contributed by atoms with E-state index < -0.39 is 0 Å². The second-order valence-corrected chi connectivity index (χ2v) is 7.88. The molecule has 146 valence electrons. The Labute approximate surface area is 161 Å². The molecule has 1 N–H and O–H groups in total. The fraction of sp³-hybridized carbons (Fsp3) is 0.619. The summed E-state index contributed by atoms with van der Waals surface area (Å²) in [5.74, 6) is 0.863. The lowest BCUT2D eigenvalue weighted by atomic mass is 9.92. The fourth-order valence-corrected chi connectivity index (χ4v) is 4.12. The van der Waals surface area contributed by atoms with Crippen molar-refractivity contribution in [1.29, 1.82) is 0 Å². The first-order chi connectivity index (χ1) is 13.2. The number of anilines is 1. The van der Waals surface area contributed by atoms with Crippen LogP contribution in [0.4, 0.5) is 5.69 Å². The number of hydrogen-bond acceptors (Lipinski definition) is 6. The Balaban J connectivity index is 1.52. The molecule has 2 heterocycles. The van der Waals surface area contributed by atoms with Crippen molar-refractivity contribution in [2.24, 2.45) is 0 Å². The van der Waals surface area contributed by atoms with Crippen LogP contribution in [0.5, 0.6) is 5.75 Å². The number of rotatable bonds is 5. The Hall–Kier alpha value is -1.92. The molecule has 27 heavy (non-hydrogen) atoms. The predicted octanol–water partition coefficient (Wildman–Crippen LogP) is 3.15. The second kappa shape index (κ2) is 8.40. The van der Waals surface area contributed by atoms with Gasteiger partial charge in [-0.1, -0.05) is 13.8 Å². The third-order valence-electron chi connectivity index (χ3n) is 5.44. The molecule has 0 radical (unpaired) electrons. The van der Waals surface area contributed by atoms with Crippen molar-refractivity contribution in [2.45, 2.75) is 57.7 Å².